The Hall–Kier alpha value is -0.0900. The van der Waals surface area contributed by atoms with Crippen molar-refractivity contribution < 1.29 is 13.6 Å². The molecule has 0 aromatic carbocycles. The summed E-state index contributed by atoms with van der Waals surface area (Å²) in [7, 11) is -2.99. The number of hydrogen-bond acceptors (Lipinski definition) is 2. The molecule has 3 nitrogen and oxygen atoms in total. The second kappa shape index (κ2) is 1.79. The fourth-order valence-electron chi connectivity index (χ4n) is 0. The molecule has 0 aromatic heterocycles. The molecule has 0 aliphatic rings. The van der Waals surface area contributed by atoms with Gasteiger partial charge in [-0.3, -0.25) is 5.14 Å². The third kappa shape index (κ3) is 2.59. The summed E-state index contributed by atoms with van der Waals surface area (Å²) in [6, 6.07) is 0. The third-order valence-electron chi connectivity index (χ3n) is 0.718. The molecule has 0 fully saturated rings. The Kier molecular flexibility index (Phi) is 1.77. The largest absolute Gasteiger partial charge is 0.294 e. The molecule has 0 saturated heterocycles. The van der Waals surface area contributed by atoms with E-state index in [1.54, 1.807) is 13.8 Å². The summed E-state index contributed by atoms with van der Waals surface area (Å²) in [5, 5.41) is 2.60. The number of sulfonamides is 1. The van der Waals surface area contributed by atoms with Crippen molar-refractivity contribution in [3.63, 3.8) is 0 Å². The van der Waals surface area contributed by atoms with Gasteiger partial charge in [-0.05, 0) is 13.8 Å². The highest BCUT2D eigenvalue weighted by molar-refractivity contribution is 7.85. The van der Waals surface area contributed by atoms with E-state index in [9.17, 15) is 8.42 Å². The maximum Gasteiger partial charge on any atom is 0.294 e. The molecule has 0 amide bonds. The Morgan fingerprint density at radius 1 is 1.43 bits per heavy atom. The van der Waals surface area contributed by atoms with E-state index in [4.69, 9.17) is 0 Å². The third-order valence-corrected chi connectivity index (χ3v) is 2.15. The number of rotatable bonds is 1. The summed E-state index contributed by atoms with van der Waals surface area (Å²) in [6.07, 6.45) is 0. The van der Waals surface area contributed by atoms with Crippen LogP contribution in [0.4, 0.5) is 0 Å². The first kappa shape index (κ1) is 6.91. The lowest BCUT2D eigenvalue weighted by Gasteiger charge is -1.92. The van der Waals surface area contributed by atoms with E-state index in [2.05, 4.69) is 5.14 Å². The van der Waals surface area contributed by atoms with Gasteiger partial charge in [0.25, 0.3) is 10.0 Å². The summed E-state index contributed by atoms with van der Waals surface area (Å²) >= 11 is 0. The molecular weight excluding hydrogens is 114 g/mol. The van der Waals surface area contributed by atoms with Crippen LogP contribution in [0.5, 0.6) is 0 Å². The highest BCUT2D eigenvalue weighted by Gasteiger charge is 2.10. The molecule has 0 heterocycles. The Labute approximate surface area is 43.6 Å². The molecule has 0 aliphatic carbocycles. The summed E-state index contributed by atoms with van der Waals surface area (Å²) in [5.74, 6) is 0. The van der Waals surface area contributed by atoms with Crippen molar-refractivity contribution in [1.82, 2.24) is 0 Å². The normalized spacial score (nSPS) is 12.6. The van der Waals surface area contributed by atoms with Crippen LogP contribution in [0.2, 0.25) is 0 Å². The van der Waals surface area contributed by atoms with Gasteiger partial charge in [-0.2, -0.15) is 8.42 Å². The van der Waals surface area contributed by atoms with E-state index in [1.165, 1.54) is 0 Å². The van der Waals surface area contributed by atoms with Crippen LogP contribution in [0.3, 0.4) is 0 Å². The van der Waals surface area contributed by atoms with E-state index in [0.29, 0.717) is 0 Å². The zero-order chi connectivity index (χ0) is 6.08. The second-order valence-electron chi connectivity index (χ2n) is 1.71. The van der Waals surface area contributed by atoms with Gasteiger partial charge >= 0.3 is 0 Å². The van der Waals surface area contributed by atoms with Crippen LogP contribution in [-0.4, -0.2) is 13.7 Å². The summed E-state index contributed by atoms with van der Waals surface area (Å²) in [4.78, 5) is 0. The average molecular weight is 124 g/mol. The van der Waals surface area contributed by atoms with Gasteiger partial charge in [0.2, 0.25) is 0 Å². The van der Waals surface area contributed by atoms with Crippen molar-refractivity contribution in [1.29, 1.82) is 0 Å². The lowest BCUT2D eigenvalue weighted by atomic mass is 10.6. The van der Waals surface area contributed by atoms with Crippen molar-refractivity contribution >= 4 is 10.0 Å². The Morgan fingerprint density at radius 2 is 1.57 bits per heavy atom. The minimum atomic E-state index is -2.99. The zero-order valence-electron chi connectivity index (χ0n) is 4.51. The van der Waals surface area contributed by atoms with E-state index in [-0.39, 0.29) is 5.25 Å². The highest BCUT2D eigenvalue weighted by atomic mass is 32.2. The Balaban J connectivity index is 4.10. The Morgan fingerprint density at radius 3 is 1.57 bits per heavy atom. The molecule has 0 aromatic rings. The lowest BCUT2D eigenvalue weighted by Crippen LogP contribution is -2.59. The summed E-state index contributed by atoms with van der Waals surface area (Å²) < 4.78 is 20.4. The van der Waals surface area contributed by atoms with E-state index in [0.717, 1.165) is 0 Å². The highest BCUT2D eigenvalue weighted by Crippen LogP contribution is 1.85. The topological polar surface area (TPSA) is 61.8 Å². The van der Waals surface area contributed by atoms with Crippen LogP contribution < -0.4 is 5.14 Å². The van der Waals surface area contributed by atoms with Crippen molar-refractivity contribution in [3.8, 4) is 0 Å². The van der Waals surface area contributed by atoms with Crippen LogP contribution >= 0.6 is 0 Å². The van der Waals surface area contributed by atoms with Crippen molar-refractivity contribution in [3.05, 3.63) is 0 Å². The van der Waals surface area contributed by atoms with Crippen molar-refractivity contribution in [2.45, 2.75) is 19.1 Å². The predicted molar refractivity (Wildman–Crippen MR) is 26.9 cm³/mol. The molecule has 0 aliphatic heterocycles. The predicted octanol–water partition coefficient (Wildman–Crippen LogP) is -1.03. The smallest absolute Gasteiger partial charge is 0.252 e. The molecule has 0 rings (SSSR count). The summed E-state index contributed by atoms with van der Waals surface area (Å²) in [5.41, 5.74) is 0. The van der Waals surface area contributed by atoms with Gasteiger partial charge < -0.3 is 0 Å². The molecule has 3 N–H and O–H groups in total. The van der Waals surface area contributed by atoms with Crippen molar-refractivity contribution in [2.75, 3.05) is 0 Å². The summed E-state index contributed by atoms with van der Waals surface area (Å²) in [6.45, 7) is 3.20. The first-order chi connectivity index (χ1) is 2.94. The lowest BCUT2D eigenvalue weighted by molar-refractivity contribution is -0.166. The van der Waals surface area contributed by atoms with Crippen LogP contribution in [-0.2, 0) is 10.0 Å². The molecule has 0 spiro atoms. The molecule has 0 radical (unpaired) electrons. The molecule has 0 atom stereocenters. The van der Waals surface area contributed by atoms with E-state index >= 15 is 0 Å². The standard InChI is InChI=1S/C3H9NO2S/c1-3(2)7(4,5)6/h3H,1-2H3,(H2,4,5,6)/p+1. The minimum Gasteiger partial charge on any atom is -0.252 e. The van der Waals surface area contributed by atoms with Crippen LogP contribution in [0, 0.1) is 0 Å². The van der Waals surface area contributed by atoms with Gasteiger partial charge in [-0.25, -0.2) is 0 Å². The molecule has 0 saturated carbocycles. The van der Waals surface area contributed by atoms with Gasteiger partial charge in [-0.1, -0.05) is 0 Å². The monoisotopic (exact) mass is 124 g/mol. The molecule has 0 bridgehead atoms. The van der Waals surface area contributed by atoms with Gasteiger partial charge in [0.15, 0.2) is 0 Å². The number of quaternary nitrogens is 1. The zero-order valence-corrected chi connectivity index (χ0v) is 5.33. The second-order valence-corrected chi connectivity index (χ2v) is 3.98. The van der Waals surface area contributed by atoms with Gasteiger partial charge in [0.05, 0.1) is 0 Å². The molecule has 7 heavy (non-hydrogen) atoms. The quantitative estimate of drug-likeness (QED) is 0.485. The van der Waals surface area contributed by atoms with Gasteiger partial charge in [0.1, 0.15) is 5.25 Å². The van der Waals surface area contributed by atoms with E-state index in [1.807, 2.05) is 0 Å². The van der Waals surface area contributed by atoms with E-state index < -0.39 is 10.0 Å². The average Bonchev–Trinajstić information content (AvgIpc) is 1.31. The molecule has 0 unspecified atom stereocenters. The minimum absolute atomic E-state index is 0.340. The first-order valence-electron chi connectivity index (χ1n) is 2.01. The van der Waals surface area contributed by atoms with Crippen LogP contribution in [0.15, 0.2) is 0 Å². The van der Waals surface area contributed by atoms with Crippen molar-refractivity contribution in [2.24, 2.45) is 0 Å². The maximum atomic E-state index is 10.2. The molecule has 4 heteroatoms. The fraction of sp³-hybridized carbons (Fsp3) is 1.00. The fourth-order valence-corrected chi connectivity index (χ4v) is 0. The maximum absolute atomic E-state index is 10.2. The van der Waals surface area contributed by atoms with Gasteiger partial charge in [-0.15, -0.1) is 0 Å². The molecule has 44 valence electrons. The SMILES string of the molecule is CC(C)S([NH3+])(=O)=O. The molecular formula is C3H10NO2S+. The van der Waals surface area contributed by atoms with Gasteiger partial charge in [0, 0.05) is 0 Å². The van der Waals surface area contributed by atoms with Crippen LogP contribution in [0.25, 0.3) is 0 Å². The van der Waals surface area contributed by atoms with Crippen LogP contribution in [0.1, 0.15) is 13.8 Å². The number of hydrogen-bond donors (Lipinski definition) is 1. The Bertz CT molecular complexity index is 135. The first-order valence-corrected chi connectivity index (χ1v) is 3.73.